The lowest BCUT2D eigenvalue weighted by atomic mass is 9.82. The van der Waals surface area contributed by atoms with Crippen LogP contribution in [0.1, 0.15) is 34.3 Å². The number of benzene rings is 2. The third-order valence-corrected chi connectivity index (χ3v) is 5.31. The first-order chi connectivity index (χ1) is 11.3. The Balaban J connectivity index is 1.41. The van der Waals surface area contributed by atoms with Crippen molar-refractivity contribution in [3.05, 3.63) is 71.3 Å². The maximum Gasteiger partial charge on any atom is 0.252 e. The van der Waals surface area contributed by atoms with Gasteiger partial charge >= 0.3 is 0 Å². The summed E-state index contributed by atoms with van der Waals surface area (Å²) in [7, 11) is 0. The molecule has 0 atom stereocenters. The minimum atomic E-state index is -0.128. The van der Waals surface area contributed by atoms with Gasteiger partial charge in [-0.2, -0.15) is 0 Å². The van der Waals surface area contributed by atoms with Crippen LogP contribution in [0.5, 0.6) is 0 Å². The number of rotatable bonds is 3. The van der Waals surface area contributed by atoms with Gasteiger partial charge in [-0.1, -0.05) is 48.5 Å². The summed E-state index contributed by atoms with van der Waals surface area (Å²) in [5.41, 5.74) is 3.34. The fraction of sp³-hybridized carbons (Fsp3) is 0.350. The zero-order valence-corrected chi connectivity index (χ0v) is 13.3. The van der Waals surface area contributed by atoms with Crippen molar-refractivity contribution < 1.29 is 4.79 Å². The van der Waals surface area contributed by atoms with Gasteiger partial charge < -0.3 is 10.2 Å². The number of nitrogens with one attached hydrogen (secondary N) is 1. The lowest BCUT2D eigenvalue weighted by Gasteiger charge is -2.40. The summed E-state index contributed by atoms with van der Waals surface area (Å²) >= 11 is 0. The van der Waals surface area contributed by atoms with Crippen molar-refractivity contribution in [2.75, 3.05) is 19.6 Å². The van der Waals surface area contributed by atoms with E-state index in [-0.39, 0.29) is 11.4 Å². The third-order valence-electron chi connectivity index (χ3n) is 5.31. The van der Waals surface area contributed by atoms with Gasteiger partial charge in [0.2, 0.25) is 0 Å². The van der Waals surface area contributed by atoms with Crippen LogP contribution in [0.4, 0.5) is 0 Å². The molecule has 3 heteroatoms. The first-order valence-corrected chi connectivity index (χ1v) is 8.45. The molecule has 2 aliphatic heterocycles. The number of hydrogen-bond acceptors (Lipinski definition) is 2. The summed E-state index contributed by atoms with van der Waals surface area (Å²) < 4.78 is 0. The topological polar surface area (TPSA) is 32.3 Å². The molecule has 2 aromatic rings. The number of amides is 1. The number of fused-ring (bicyclic) bond motifs is 2. The van der Waals surface area contributed by atoms with Crippen molar-refractivity contribution in [2.24, 2.45) is 0 Å². The van der Waals surface area contributed by atoms with E-state index in [9.17, 15) is 4.79 Å². The molecule has 0 bridgehead atoms. The first kappa shape index (κ1) is 14.5. The Hall–Kier alpha value is -2.13. The second-order valence-corrected chi connectivity index (χ2v) is 6.66. The Morgan fingerprint density at radius 2 is 1.65 bits per heavy atom. The Bertz CT molecular complexity index is 703. The summed E-state index contributed by atoms with van der Waals surface area (Å²) in [4.78, 5) is 14.7. The Kier molecular flexibility index (Phi) is 3.66. The van der Waals surface area contributed by atoms with Gasteiger partial charge in [0.1, 0.15) is 0 Å². The third kappa shape index (κ3) is 2.66. The average molecular weight is 306 g/mol. The van der Waals surface area contributed by atoms with E-state index in [2.05, 4.69) is 46.6 Å². The predicted octanol–water partition coefficient (Wildman–Crippen LogP) is 2.96. The Morgan fingerprint density at radius 3 is 2.43 bits per heavy atom. The second-order valence-electron chi connectivity index (χ2n) is 6.66. The molecule has 2 aromatic carbocycles. The molecule has 1 fully saturated rings. The summed E-state index contributed by atoms with van der Waals surface area (Å²) in [6.45, 7) is 3.18. The lowest BCUT2D eigenvalue weighted by molar-refractivity contribution is 0.0864. The smallest absolute Gasteiger partial charge is 0.252 e. The van der Waals surface area contributed by atoms with Crippen molar-refractivity contribution in [3.63, 3.8) is 0 Å². The van der Waals surface area contributed by atoms with Gasteiger partial charge in [0, 0.05) is 25.2 Å². The van der Waals surface area contributed by atoms with Gasteiger partial charge in [0.05, 0.1) is 5.54 Å². The number of likely N-dealkylation sites (tertiary alicyclic amines) is 1. The molecule has 1 spiro atoms. The Labute approximate surface area is 137 Å². The molecular weight excluding hydrogens is 284 g/mol. The van der Waals surface area contributed by atoms with Crippen LogP contribution < -0.4 is 5.32 Å². The van der Waals surface area contributed by atoms with E-state index in [1.165, 1.54) is 11.1 Å². The van der Waals surface area contributed by atoms with Gasteiger partial charge in [-0.05, 0) is 36.5 Å². The molecule has 0 saturated carbocycles. The number of nitrogens with zero attached hydrogens (tertiary/aromatic N) is 1. The van der Waals surface area contributed by atoms with Crippen molar-refractivity contribution in [3.8, 4) is 0 Å². The molecule has 0 aromatic heterocycles. The fourth-order valence-electron chi connectivity index (χ4n) is 3.94. The first-order valence-electron chi connectivity index (χ1n) is 8.45. The van der Waals surface area contributed by atoms with E-state index >= 15 is 0 Å². The summed E-state index contributed by atoms with van der Waals surface area (Å²) in [5, 5.41) is 3.26. The summed E-state index contributed by atoms with van der Waals surface area (Å²) in [6.07, 6.45) is 3.10. The number of piperidine rings is 1. The second kappa shape index (κ2) is 5.82. The largest absolute Gasteiger partial charge is 0.342 e. The van der Waals surface area contributed by atoms with Crippen molar-refractivity contribution >= 4 is 5.91 Å². The van der Waals surface area contributed by atoms with Crippen molar-refractivity contribution in [2.45, 2.75) is 24.8 Å². The maximum atomic E-state index is 12.2. The fourth-order valence-corrected chi connectivity index (χ4v) is 3.94. The van der Waals surface area contributed by atoms with Crippen LogP contribution in [-0.4, -0.2) is 30.4 Å². The highest BCUT2D eigenvalue weighted by Crippen LogP contribution is 2.39. The lowest BCUT2D eigenvalue weighted by Crippen LogP contribution is -2.49. The minimum absolute atomic E-state index is 0.0957. The molecule has 0 radical (unpaired) electrons. The molecule has 23 heavy (non-hydrogen) atoms. The van der Waals surface area contributed by atoms with Gasteiger partial charge in [-0.3, -0.25) is 4.79 Å². The molecule has 1 N–H and O–H groups in total. The van der Waals surface area contributed by atoms with Crippen LogP contribution in [0.2, 0.25) is 0 Å². The number of carbonyl (C=O) groups excluding carboxylic acids is 1. The van der Waals surface area contributed by atoms with Crippen LogP contribution in [-0.2, 0) is 12.0 Å². The van der Waals surface area contributed by atoms with E-state index in [1.807, 2.05) is 18.2 Å². The normalized spacial score (nSPS) is 19.6. The molecule has 2 heterocycles. The maximum absolute atomic E-state index is 12.2. The van der Waals surface area contributed by atoms with Gasteiger partial charge in [-0.25, -0.2) is 0 Å². The molecular formula is C20H22N2O. The summed E-state index contributed by atoms with van der Waals surface area (Å²) in [6, 6.07) is 18.7. The highest BCUT2D eigenvalue weighted by molar-refractivity contribution is 6.00. The summed E-state index contributed by atoms with van der Waals surface area (Å²) in [5.74, 6) is 0.0957. The predicted molar refractivity (Wildman–Crippen MR) is 91.4 cm³/mol. The van der Waals surface area contributed by atoms with Crippen molar-refractivity contribution in [1.29, 1.82) is 0 Å². The molecule has 0 unspecified atom stereocenters. The van der Waals surface area contributed by atoms with E-state index in [0.29, 0.717) is 0 Å². The standard InChI is InChI=1S/C20H22N2O/c23-19-17-8-4-5-9-18(17)20(21-19)11-14-22(15-12-20)13-10-16-6-2-1-3-7-16/h1-9H,10-15H2,(H,21,23). The van der Waals surface area contributed by atoms with E-state index in [0.717, 1.165) is 44.5 Å². The molecule has 0 aliphatic carbocycles. The van der Waals surface area contributed by atoms with Crippen LogP contribution in [0.25, 0.3) is 0 Å². The Morgan fingerprint density at radius 1 is 0.957 bits per heavy atom. The van der Waals surface area contributed by atoms with Crippen LogP contribution >= 0.6 is 0 Å². The monoisotopic (exact) mass is 306 g/mol. The van der Waals surface area contributed by atoms with E-state index in [4.69, 9.17) is 0 Å². The molecule has 118 valence electrons. The minimum Gasteiger partial charge on any atom is -0.342 e. The van der Waals surface area contributed by atoms with Crippen molar-refractivity contribution in [1.82, 2.24) is 10.2 Å². The zero-order valence-electron chi connectivity index (χ0n) is 13.3. The highest BCUT2D eigenvalue weighted by atomic mass is 16.2. The highest BCUT2D eigenvalue weighted by Gasteiger charge is 2.44. The van der Waals surface area contributed by atoms with Gasteiger partial charge in [0.25, 0.3) is 5.91 Å². The van der Waals surface area contributed by atoms with E-state index < -0.39 is 0 Å². The zero-order chi connectivity index (χ0) is 15.7. The van der Waals surface area contributed by atoms with Crippen LogP contribution in [0.3, 0.4) is 0 Å². The van der Waals surface area contributed by atoms with Gasteiger partial charge in [-0.15, -0.1) is 0 Å². The van der Waals surface area contributed by atoms with E-state index in [1.54, 1.807) is 0 Å². The van der Waals surface area contributed by atoms with Crippen LogP contribution in [0.15, 0.2) is 54.6 Å². The van der Waals surface area contributed by atoms with Crippen LogP contribution in [0, 0.1) is 0 Å². The number of hydrogen-bond donors (Lipinski definition) is 1. The molecule has 3 nitrogen and oxygen atoms in total. The molecule has 4 rings (SSSR count). The molecule has 2 aliphatic rings. The number of carbonyl (C=O) groups is 1. The molecule has 1 amide bonds. The average Bonchev–Trinajstić information content (AvgIpc) is 2.88. The quantitative estimate of drug-likeness (QED) is 0.945. The SMILES string of the molecule is O=C1NC2(CCN(CCc3ccccc3)CC2)c2ccccc21. The molecule has 1 saturated heterocycles. The van der Waals surface area contributed by atoms with Gasteiger partial charge in [0.15, 0.2) is 0 Å².